The number of benzene rings is 2. The van der Waals surface area contributed by atoms with Gasteiger partial charge >= 0.3 is 5.97 Å². The average molecular weight is 506 g/mol. The first-order valence-corrected chi connectivity index (χ1v) is 12.7. The summed E-state index contributed by atoms with van der Waals surface area (Å²) in [4.78, 5) is 11.9. The molecule has 3 rings (SSSR count). The topological polar surface area (TPSA) is 194 Å². The molecule has 0 atom stereocenters. The number of aromatic nitrogens is 1. The molecule has 0 saturated carbocycles. The smallest absolute Gasteiger partial charge is 0.357 e. The molecule has 0 aliphatic rings. The lowest BCUT2D eigenvalue weighted by atomic mass is 10.2. The van der Waals surface area contributed by atoms with Gasteiger partial charge in [0.2, 0.25) is 10.0 Å². The Labute approximate surface area is 195 Å². The number of anilines is 3. The van der Waals surface area contributed by atoms with E-state index in [-0.39, 0.29) is 38.9 Å². The van der Waals surface area contributed by atoms with Crippen molar-refractivity contribution in [2.24, 2.45) is 0 Å². The van der Waals surface area contributed by atoms with E-state index in [1.807, 2.05) is 6.07 Å². The number of sulfonamides is 2. The number of hydrogen-bond donors (Lipinski definition) is 4. The number of ether oxygens (including phenoxy) is 1. The molecule has 0 saturated heterocycles. The van der Waals surface area contributed by atoms with Crippen molar-refractivity contribution in [1.29, 1.82) is 5.26 Å². The number of aromatic hydroxyl groups is 1. The number of nitrogen functional groups attached to an aromatic ring is 1. The standard InChI is InChI=1S/C20H19N5O7S2/c1-32-20(27)19-18(22)12(10-21)11-25(19)16-9-15(6-7-17(16)26)34(30,31)24-14-5-3-4-13(8-14)23-33(2,28)29/h3-9,11,23-24,26H,22H2,1-2H3. The summed E-state index contributed by atoms with van der Waals surface area (Å²) in [5, 5.41) is 19.6. The van der Waals surface area contributed by atoms with Gasteiger partial charge in [0.1, 0.15) is 11.8 Å². The summed E-state index contributed by atoms with van der Waals surface area (Å²) in [6.07, 6.45) is 2.12. The second kappa shape index (κ2) is 8.96. The van der Waals surface area contributed by atoms with Gasteiger partial charge < -0.3 is 20.1 Å². The van der Waals surface area contributed by atoms with Gasteiger partial charge in [0.05, 0.1) is 46.6 Å². The van der Waals surface area contributed by atoms with Gasteiger partial charge in [-0.3, -0.25) is 9.44 Å². The van der Waals surface area contributed by atoms with Crippen molar-refractivity contribution in [2.45, 2.75) is 4.90 Å². The summed E-state index contributed by atoms with van der Waals surface area (Å²) in [6.45, 7) is 0. The van der Waals surface area contributed by atoms with Gasteiger partial charge in [-0.25, -0.2) is 21.6 Å². The zero-order valence-electron chi connectivity index (χ0n) is 17.8. The number of methoxy groups -OCH3 is 1. The highest BCUT2D eigenvalue weighted by atomic mass is 32.2. The molecule has 1 heterocycles. The molecule has 0 bridgehead atoms. The third kappa shape index (κ3) is 5.05. The van der Waals surface area contributed by atoms with Crippen molar-refractivity contribution < 1.29 is 31.5 Å². The van der Waals surface area contributed by atoms with Crippen molar-refractivity contribution in [3.63, 3.8) is 0 Å². The number of rotatable bonds is 7. The quantitative estimate of drug-likeness (QED) is 0.345. The number of carbonyl (C=O) groups is 1. The van der Waals surface area contributed by atoms with Crippen molar-refractivity contribution in [3.05, 3.63) is 59.9 Å². The van der Waals surface area contributed by atoms with E-state index in [1.54, 1.807) is 0 Å². The number of phenols is 1. The van der Waals surface area contributed by atoms with Gasteiger partial charge in [0, 0.05) is 6.20 Å². The Balaban J connectivity index is 2.06. The molecule has 0 fully saturated rings. The van der Waals surface area contributed by atoms with Crippen molar-refractivity contribution in [3.8, 4) is 17.5 Å². The molecule has 178 valence electrons. The Morgan fingerprint density at radius 2 is 1.76 bits per heavy atom. The van der Waals surface area contributed by atoms with Crippen LogP contribution in [0.2, 0.25) is 0 Å². The maximum atomic E-state index is 13.0. The SMILES string of the molecule is COC(=O)c1c(N)c(C#N)cn1-c1cc(S(=O)(=O)Nc2cccc(NS(C)(=O)=O)c2)ccc1O. The van der Waals surface area contributed by atoms with E-state index in [1.165, 1.54) is 30.5 Å². The van der Waals surface area contributed by atoms with Crippen LogP contribution in [0.25, 0.3) is 5.69 Å². The number of nitrogens with two attached hydrogens (primary N) is 1. The van der Waals surface area contributed by atoms with Gasteiger partial charge in [-0.15, -0.1) is 0 Å². The second-order valence-corrected chi connectivity index (χ2v) is 10.4. The molecule has 0 radical (unpaired) electrons. The first-order chi connectivity index (χ1) is 15.9. The van der Waals surface area contributed by atoms with Crippen LogP contribution in [-0.2, 0) is 24.8 Å². The molecule has 0 aliphatic carbocycles. The molecule has 0 amide bonds. The molecule has 2 aromatic carbocycles. The Hall–Kier alpha value is -4.22. The Kier molecular flexibility index (Phi) is 6.44. The average Bonchev–Trinajstić information content (AvgIpc) is 3.08. The Morgan fingerprint density at radius 1 is 1.12 bits per heavy atom. The lowest BCUT2D eigenvalue weighted by Crippen LogP contribution is -2.15. The summed E-state index contributed by atoms with van der Waals surface area (Å²) in [5.74, 6) is -1.30. The fraction of sp³-hybridized carbons (Fsp3) is 0.100. The van der Waals surface area contributed by atoms with Crippen LogP contribution in [-0.4, -0.2) is 45.8 Å². The van der Waals surface area contributed by atoms with Crippen molar-refractivity contribution in [2.75, 3.05) is 28.5 Å². The van der Waals surface area contributed by atoms with Crippen LogP contribution in [0.4, 0.5) is 17.1 Å². The molecule has 14 heteroatoms. The highest BCUT2D eigenvalue weighted by molar-refractivity contribution is 7.92. The van der Waals surface area contributed by atoms with Crippen molar-refractivity contribution in [1.82, 2.24) is 4.57 Å². The number of esters is 1. The van der Waals surface area contributed by atoms with Crippen LogP contribution in [0.1, 0.15) is 16.1 Å². The van der Waals surface area contributed by atoms with E-state index in [9.17, 15) is 32.0 Å². The highest BCUT2D eigenvalue weighted by Crippen LogP contribution is 2.32. The fourth-order valence-electron chi connectivity index (χ4n) is 3.04. The molecule has 3 aromatic rings. The largest absolute Gasteiger partial charge is 0.506 e. The number of nitriles is 1. The molecule has 0 spiro atoms. The number of nitrogens with one attached hydrogen (secondary N) is 2. The summed E-state index contributed by atoms with van der Waals surface area (Å²) < 4.78 is 59.1. The number of hydrogen-bond acceptors (Lipinski definition) is 9. The van der Waals surface area contributed by atoms with Gasteiger partial charge in [0.15, 0.2) is 5.69 Å². The predicted octanol–water partition coefficient (Wildman–Crippen LogP) is 1.60. The molecular weight excluding hydrogens is 486 g/mol. The first kappa shape index (κ1) is 24.4. The van der Waals surface area contributed by atoms with E-state index >= 15 is 0 Å². The molecule has 0 aliphatic heterocycles. The minimum atomic E-state index is -4.23. The number of nitrogens with zero attached hydrogens (tertiary/aromatic N) is 2. The van der Waals surface area contributed by atoms with Crippen LogP contribution < -0.4 is 15.2 Å². The molecule has 0 unspecified atom stereocenters. The van der Waals surface area contributed by atoms with Crippen LogP contribution in [0.5, 0.6) is 5.75 Å². The van der Waals surface area contributed by atoms with Crippen LogP contribution in [0, 0.1) is 11.3 Å². The second-order valence-electron chi connectivity index (χ2n) is 6.99. The first-order valence-electron chi connectivity index (χ1n) is 9.29. The zero-order valence-corrected chi connectivity index (χ0v) is 19.4. The van der Waals surface area contributed by atoms with E-state index in [0.29, 0.717) is 0 Å². The minimum Gasteiger partial charge on any atom is -0.506 e. The predicted molar refractivity (Wildman–Crippen MR) is 124 cm³/mol. The minimum absolute atomic E-state index is 0.0653. The summed E-state index contributed by atoms with van der Waals surface area (Å²) in [6, 6.07) is 10.7. The molecule has 12 nitrogen and oxygen atoms in total. The van der Waals surface area contributed by atoms with Crippen LogP contribution >= 0.6 is 0 Å². The van der Waals surface area contributed by atoms with Crippen molar-refractivity contribution >= 4 is 43.1 Å². The lowest BCUT2D eigenvalue weighted by molar-refractivity contribution is 0.0593. The third-order valence-corrected chi connectivity index (χ3v) is 6.46. The molecule has 34 heavy (non-hydrogen) atoms. The van der Waals surface area contributed by atoms with Gasteiger partial charge in [0.25, 0.3) is 10.0 Å². The van der Waals surface area contributed by atoms with Gasteiger partial charge in [-0.05, 0) is 36.4 Å². The molecule has 5 N–H and O–H groups in total. The highest BCUT2D eigenvalue weighted by Gasteiger charge is 2.25. The summed E-state index contributed by atoms with van der Waals surface area (Å²) >= 11 is 0. The maximum Gasteiger partial charge on any atom is 0.357 e. The maximum absolute atomic E-state index is 13.0. The number of phenolic OH excluding ortho intramolecular Hbond substituents is 1. The third-order valence-electron chi connectivity index (χ3n) is 4.48. The van der Waals surface area contributed by atoms with E-state index < -0.39 is 31.8 Å². The molecular formula is C20H19N5O7S2. The molecule has 1 aromatic heterocycles. The van der Waals surface area contributed by atoms with Crippen LogP contribution in [0.15, 0.2) is 53.6 Å². The van der Waals surface area contributed by atoms with E-state index in [2.05, 4.69) is 14.2 Å². The summed E-state index contributed by atoms with van der Waals surface area (Å²) in [5.41, 5.74) is 5.37. The monoisotopic (exact) mass is 505 g/mol. The number of carbonyl (C=O) groups excluding carboxylic acids is 1. The van der Waals surface area contributed by atoms with Crippen LogP contribution in [0.3, 0.4) is 0 Å². The fourth-order valence-corrected chi connectivity index (χ4v) is 4.67. The summed E-state index contributed by atoms with van der Waals surface area (Å²) in [7, 11) is -6.71. The van der Waals surface area contributed by atoms with E-state index in [0.717, 1.165) is 36.1 Å². The van der Waals surface area contributed by atoms with Gasteiger partial charge in [-0.2, -0.15) is 5.26 Å². The zero-order chi connectivity index (χ0) is 25.3. The Bertz CT molecular complexity index is 1540. The normalized spacial score (nSPS) is 11.4. The lowest BCUT2D eigenvalue weighted by Gasteiger charge is -2.14. The Morgan fingerprint density at radius 3 is 2.35 bits per heavy atom. The van der Waals surface area contributed by atoms with Gasteiger partial charge in [-0.1, -0.05) is 6.07 Å². The van der Waals surface area contributed by atoms with E-state index in [4.69, 9.17) is 5.73 Å².